The van der Waals surface area contributed by atoms with E-state index < -0.39 is 0 Å². The molecule has 2 aromatic carbocycles. The van der Waals surface area contributed by atoms with E-state index in [9.17, 15) is 9.90 Å². The second kappa shape index (κ2) is 8.37. The number of carbonyl (C=O) groups is 1. The number of hydrogen-bond acceptors (Lipinski definition) is 5. The first kappa shape index (κ1) is 17.1. The number of phenolic OH excluding ortho intramolecular Hbond substituents is 1. The summed E-state index contributed by atoms with van der Waals surface area (Å²) in [6.45, 7) is -0.127. The number of carbonyl (C=O) groups excluding carboxylic acids is 1. The van der Waals surface area contributed by atoms with Crippen LogP contribution in [0.1, 0.15) is 5.56 Å². The monoisotopic (exact) mass is 426 g/mol. The summed E-state index contributed by atoms with van der Waals surface area (Å²) in [6, 6.07) is 12.4. The Labute approximate surface area is 147 Å². The van der Waals surface area contributed by atoms with Gasteiger partial charge in [0.05, 0.1) is 16.9 Å². The number of halogens is 1. The van der Waals surface area contributed by atoms with Crippen LogP contribution in [0.15, 0.2) is 47.6 Å². The van der Waals surface area contributed by atoms with Gasteiger partial charge >= 0.3 is 0 Å². The van der Waals surface area contributed by atoms with Crippen LogP contribution in [0, 0.1) is 3.57 Å². The fourth-order valence-electron chi connectivity index (χ4n) is 1.70. The second-order valence-corrected chi connectivity index (χ2v) is 5.61. The third-order valence-electron chi connectivity index (χ3n) is 2.79. The third-order valence-corrected chi connectivity index (χ3v) is 3.61. The molecule has 0 bridgehead atoms. The highest BCUT2D eigenvalue weighted by Crippen LogP contribution is 2.31. The van der Waals surface area contributed by atoms with Crippen molar-refractivity contribution in [2.75, 3.05) is 13.7 Å². The van der Waals surface area contributed by atoms with Gasteiger partial charge in [-0.3, -0.25) is 4.79 Å². The number of rotatable bonds is 6. The number of amides is 1. The second-order valence-electron chi connectivity index (χ2n) is 4.45. The highest BCUT2D eigenvalue weighted by atomic mass is 127. The molecule has 0 saturated heterocycles. The topological polar surface area (TPSA) is 80.2 Å². The molecule has 0 unspecified atom stereocenters. The summed E-state index contributed by atoms with van der Waals surface area (Å²) < 4.78 is 11.0. The summed E-state index contributed by atoms with van der Waals surface area (Å²) in [4.78, 5) is 11.6. The van der Waals surface area contributed by atoms with Crippen molar-refractivity contribution >= 4 is 34.7 Å². The van der Waals surface area contributed by atoms with Gasteiger partial charge in [-0.05, 0) is 52.4 Å². The minimum atomic E-state index is -0.370. The number of phenols is 1. The molecule has 2 rings (SSSR count). The van der Waals surface area contributed by atoms with Crippen LogP contribution in [0.2, 0.25) is 0 Å². The Morgan fingerprint density at radius 3 is 2.78 bits per heavy atom. The number of ether oxygens (including phenoxy) is 2. The Hall–Kier alpha value is -2.29. The van der Waals surface area contributed by atoms with Crippen LogP contribution in [0.4, 0.5) is 0 Å². The van der Waals surface area contributed by atoms with Gasteiger partial charge in [0.1, 0.15) is 5.75 Å². The molecular weight excluding hydrogens is 411 g/mol. The van der Waals surface area contributed by atoms with Gasteiger partial charge in [-0.15, -0.1) is 0 Å². The quantitative estimate of drug-likeness (QED) is 0.423. The Morgan fingerprint density at radius 1 is 1.35 bits per heavy atom. The van der Waals surface area contributed by atoms with Gasteiger partial charge < -0.3 is 14.6 Å². The Morgan fingerprint density at radius 2 is 2.09 bits per heavy atom. The van der Waals surface area contributed by atoms with Gasteiger partial charge in [0.2, 0.25) is 0 Å². The Balaban J connectivity index is 1.89. The van der Waals surface area contributed by atoms with Crippen LogP contribution in [-0.4, -0.2) is 30.9 Å². The molecule has 2 N–H and O–H groups in total. The van der Waals surface area contributed by atoms with Crippen LogP contribution < -0.4 is 14.9 Å². The van der Waals surface area contributed by atoms with Gasteiger partial charge in [0.25, 0.3) is 5.91 Å². The number of hydrogen-bond donors (Lipinski definition) is 2. The van der Waals surface area contributed by atoms with E-state index in [0.717, 1.165) is 0 Å². The SMILES string of the molecule is COc1cc(/C=N\NC(=O)COc2ccccc2)cc(I)c1O. The molecule has 6 nitrogen and oxygen atoms in total. The molecule has 7 heteroatoms. The van der Waals surface area contributed by atoms with Crippen molar-refractivity contribution in [2.45, 2.75) is 0 Å². The lowest BCUT2D eigenvalue weighted by Crippen LogP contribution is -2.24. The van der Waals surface area contributed by atoms with Crippen LogP contribution in [0.3, 0.4) is 0 Å². The number of nitrogens with one attached hydrogen (secondary N) is 1. The fraction of sp³-hybridized carbons (Fsp3) is 0.125. The van der Waals surface area contributed by atoms with E-state index in [2.05, 4.69) is 10.5 Å². The summed E-state index contributed by atoms with van der Waals surface area (Å²) in [6.07, 6.45) is 1.46. The predicted octanol–water partition coefficient (Wildman–Crippen LogP) is 2.53. The van der Waals surface area contributed by atoms with Crippen molar-refractivity contribution in [3.63, 3.8) is 0 Å². The first-order valence-corrected chi connectivity index (χ1v) is 7.74. The number of hydrazone groups is 1. The largest absolute Gasteiger partial charge is 0.504 e. The molecule has 0 spiro atoms. The minimum absolute atomic E-state index is 0.0746. The molecule has 0 aliphatic heterocycles. The maximum Gasteiger partial charge on any atom is 0.277 e. The minimum Gasteiger partial charge on any atom is -0.504 e. The summed E-state index contributed by atoms with van der Waals surface area (Å²) in [5, 5.41) is 13.6. The molecular formula is C16H15IN2O4. The first-order valence-electron chi connectivity index (χ1n) is 6.66. The number of aromatic hydroxyl groups is 1. The molecule has 0 aromatic heterocycles. The molecule has 0 fully saturated rings. The molecule has 0 aliphatic rings. The van der Waals surface area contributed by atoms with Crippen molar-refractivity contribution in [1.82, 2.24) is 5.43 Å². The zero-order chi connectivity index (χ0) is 16.7. The lowest BCUT2D eigenvalue weighted by molar-refractivity contribution is -0.123. The van der Waals surface area contributed by atoms with Gasteiger partial charge in [-0.2, -0.15) is 5.10 Å². The average Bonchev–Trinajstić information content (AvgIpc) is 2.57. The normalized spacial score (nSPS) is 10.5. The summed E-state index contributed by atoms with van der Waals surface area (Å²) in [7, 11) is 1.47. The molecule has 1 amide bonds. The lowest BCUT2D eigenvalue weighted by Gasteiger charge is -2.06. The van der Waals surface area contributed by atoms with Crippen molar-refractivity contribution in [3.05, 3.63) is 51.6 Å². The standard InChI is InChI=1S/C16H15IN2O4/c1-22-14-8-11(7-13(17)16(14)21)9-18-19-15(20)10-23-12-5-3-2-4-6-12/h2-9,21H,10H2,1H3,(H,19,20)/b18-9-. The van der Waals surface area contributed by atoms with Crippen molar-refractivity contribution < 1.29 is 19.4 Å². The summed E-state index contributed by atoms with van der Waals surface area (Å²) >= 11 is 1.98. The summed E-state index contributed by atoms with van der Waals surface area (Å²) in [5.41, 5.74) is 3.06. The maximum absolute atomic E-state index is 11.6. The van der Waals surface area contributed by atoms with E-state index in [0.29, 0.717) is 20.6 Å². The predicted molar refractivity (Wildman–Crippen MR) is 95.0 cm³/mol. The van der Waals surface area contributed by atoms with Crippen LogP contribution in [0.25, 0.3) is 0 Å². The molecule has 0 aliphatic carbocycles. The first-order chi connectivity index (χ1) is 11.1. The third kappa shape index (κ3) is 5.13. The molecule has 2 aromatic rings. The van der Waals surface area contributed by atoms with Crippen LogP contribution in [0.5, 0.6) is 17.2 Å². The smallest absolute Gasteiger partial charge is 0.277 e. The molecule has 0 saturated carbocycles. The lowest BCUT2D eigenvalue weighted by atomic mass is 10.2. The van der Waals surface area contributed by atoms with Gasteiger partial charge in [0.15, 0.2) is 18.1 Å². The van der Waals surface area contributed by atoms with Crippen LogP contribution in [-0.2, 0) is 4.79 Å². The maximum atomic E-state index is 11.6. The Kier molecular flexibility index (Phi) is 6.21. The van der Waals surface area contributed by atoms with E-state index in [-0.39, 0.29) is 18.3 Å². The van der Waals surface area contributed by atoms with E-state index in [4.69, 9.17) is 9.47 Å². The van der Waals surface area contributed by atoms with Gasteiger partial charge in [-0.25, -0.2) is 5.43 Å². The number of para-hydroxylation sites is 1. The van der Waals surface area contributed by atoms with Crippen LogP contribution >= 0.6 is 22.6 Å². The van der Waals surface area contributed by atoms with Crippen molar-refractivity contribution in [1.29, 1.82) is 0 Å². The number of nitrogens with zero attached hydrogens (tertiary/aromatic N) is 1. The van der Waals surface area contributed by atoms with Crippen molar-refractivity contribution in [3.8, 4) is 17.2 Å². The average molecular weight is 426 g/mol. The van der Waals surface area contributed by atoms with E-state index >= 15 is 0 Å². The molecule has 0 radical (unpaired) electrons. The zero-order valence-electron chi connectivity index (χ0n) is 12.3. The number of benzene rings is 2. The van der Waals surface area contributed by atoms with E-state index in [1.54, 1.807) is 24.3 Å². The van der Waals surface area contributed by atoms with Crippen molar-refractivity contribution in [2.24, 2.45) is 5.10 Å². The zero-order valence-corrected chi connectivity index (χ0v) is 14.5. The summed E-state index contributed by atoms with van der Waals surface area (Å²) in [5.74, 6) is 0.664. The molecule has 120 valence electrons. The fourth-order valence-corrected chi connectivity index (χ4v) is 2.33. The van der Waals surface area contributed by atoms with Gasteiger partial charge in [0, 0.05) is 0 Å². The van der Waals surface area contributed by atoms with E-state index in [1.807, 2.05) is 40.8 Å². The van der Waals surface area contributed by atoms with E-state index in [1.165, 1.54) is 13.3 Å². The molecule has 23 heavy (non-hydrogen) atoms. The molecule has 0 heterocycles. The highest BCUT2D eigenvalue weighted by Gasteiger charge is 2.07. The number of methoxy groups -OCH3 is 1. The molecule has 0 atom stereocenters. The van der Waals surface area contributed by atoms with Gasteiger partial charge in [-0.1, -0.05) is 18.2 Å². The highest BCUT2D eigenvalue weighted by molar-refractivity contribution is 14.1. The Bertz CT molecular complexity index is 705.